The summed E-state index contributed by atoms with van der Waals surface area (Å²) in [6.45, 7) is 1.67. The third kappa shape index (κ3) is 3.70. The van der Waals surface area contributed by atoms with Crippen molar-refractivity contribution < 1.29 is 0 Å². The van der Waals surface area contributed by atoms with Crippen LogP contribution in [0.3, 0.4) is 0 Å². The maximum absolute atomic E-state index is 9.00. The number of nitrogens with zero attached hydrogens (tertiary/aromatic N) is 4. The first-order valence-electron chi connectivity index (χ1n) is 6.06. The number of benzene rings is 1. The summed E-state index contributed by atoms with van der Waals surface area (Å²) in [6.07, 6.45) is 5.40. The molecule has 0 amide bonds. The molecule has 0 saturated heterocycles. The number of halogens is 1. The molecule has 2 aromatic rings. The van der Waals surface area contributed by atoms with Gasteiger partial charge in [0.25, 0.3) is 0 Å². The molecule has 0 aliphatic heterocycles. The van der Waals surface area contributed by atoms with Gasteiger partial charge in [-0.2, -0.15) is 5.26 Å². The molecule has 1 N–H and O–H groups in total. The van der Waals surface area contributed by atoms with Crippen LogP contribution in [0, 0.1) is 11.3 Å². The molecule has 0 saturated carbocycles. The lowest BCUT2D eigenvalue weighted by molar-refractivity contribution is 0.619. The Hall–Kier alpha value is -2.06. The van der Waals surface area contributed by atoms with E-state index in [2.05, 4.69) is 21.6 Å². The average Bonchev–Trinajstić information content (AvgIpc) is 2.93. The summed E-state index contributed by atoms with van der Waals surface area (Å²) in [6, 6.07) is 7.44. The topological polar surface area (TPSA) is 66.5 Å². The Morgan fingerprint density at radius 1 is 1.26 bits per heavy atom. The van der Waals surface area contributed by atoms with Crippen molar-refractivity contribution in [3.05, 3.63) is 41.4 Å². The van der Waals surface area contributed by atoms with E-state index in [9.17, 15) is 0 Å². The predicted octanol–water partition coefficient (Wildman–Crippen LogP) is 2.70. The molecule has 5 nitrogen and oxygen atoms in total. The zero-order valence-electron chi connectivity index (χ0n) is 10.4. The van der Waals surface area contributed by atoms with Gasteiger partial charge in [0.15, 0.2) is 0 Å². The van der Waals surface area contributed by atoms with Crippen LogP contribution in [-0.2, 0) is 6.54 Å². The van der Waals surface area contributed by atoms with Gasteiger partial charge in [-0.25, -0.2) is 0 Å². The molecule has 2 rings (SSSR count). The van der Waals surface area contributed by atoms with Crippen LogP contribution in [-0.4, -0.2) is 21.3 Å². The Kier molecular flexibility index (Phi) is 4.76. The number of nitrogens with one attached hydrogen (secondary N) is 1. The van der Waals surface area contributed by atoms with Crippen LogP contribution in [0.1, 0.15) is 18.4 Å². The van der Waals surface area contributed by atoms with Crippen LogP contribution >= 0.6 is 11.6 Å². The van der Waals surface area contributed by atoms with E-state index in [0.717, 1.165) is 31.6 Å². The van der Waals surface area contributed by atoms with Gasteiger partial charge in [0.05, 0.1) is 16.3 Å². The number of aromatic nitrogens is 3. The maximum atomic E-state index is 9.00. The predicted molar refractivity (Wildman–Crippen MR) is 73.9 cm³/mol. The van der Waals surface area contributed by atoms with Gasteiger partial charge in [0, 0.05) is 13.1 Å². The molecule has 0 radical (unpaired) electrons. The number of aryl methyl sites for hydroxylation is 1. The third-order valence-corrected chi connectivity index (χ3v) is 3.06. The fourth-order valence-electron chi connectivity index (χ4n) is 1.77. The fourth-order valence-corrected chi connectivity index (χ4v) is 2.01. The molecule has 0 atom stereocenters. The highest BCUT2D eigenvalue weighted by Crippen LogP contribution is 2.25. The van der Waals surface area contributed by atoms with E-state index in [1.165, 1.54) is 0 Å². The summed E-state index contributed by atoms with van der Waals surface area (Å²) in [5.74, 6) is 0. The lowest BCUT2D eigenvalue weighted by atomic mass is 10.2. The highest BCUT2D eigenvalue weighted by atomic mass is 35.5. The lowest BCUT2D eigenvalue weighted by Gasteiger charge is -2.09. The molecule has 0 bridgehead atoms. The van der Waals surface area contributed by atoms with Gasteiger partial charge in [-0.3, -0.25) is 0 Å². The smallest absolute Gasteiger partial charge is 0.119 e. The third-order valence-electron chi connectivity index (χ3n) is 2.75. The molecule has 0 unspecified atom stereocenters. The Bertz CT molecular complexity index is 559. The largest absolute Gasteiger partial charge is 0.383 e. The highest BCUT2D eigenvalue weighted by Gasteiger charge is 2.05. The van der Waals surface area contributed by atoms with Gasteiger partial charge in [-0.1, -0.05) is 17.7 Å². The minimum atomic E-state index is 0.575. The molecule has 1 aromatic carbocycles. The fraction of sp³-hybridized carbons (Fsp3) is 0.308. The van der Waals surface area contributed by atoms with Gasteiger partial charge in [0.1, 0.15) is 18.7 Å². The molecule has 0 aliphatic carbocycles. The van der Waals surface area contributed by atoms with Gasteiger partial charge in [0.2, 0.25) is 0 Å². The van der Waals surface area contributed by atoms with Crippen molar-refractivity contribution in [3.8, 4) is 6.07 Å². The van der Waals surface area contributed by atoms with E-state index in [1.807, 2.05) is 4.57 Å². The number of hydrogen-bond donors (Lipinski definition) is 1. The van der Waals surface area contributed by atoms with E-state index in [-0.39, 0.29) is 0 Å². The van der Waals surface area contributed by atoms with E-state index < -0.39 is 0 Å². The van der Waals surface area contributed by atoms with Crippen LogP contribution in [0.15, 0.2) is 30.9 Å². The molecular weight excluding hydrogens is 262 g/mol. The Morgan fingerprint density at radius 2 is 2.05 bits per heavy atom. The molecule has 6 heteroatoms. The monoisotopic (exact) mass is 275 g/mol. The van der Waals surface area contributed by atoms with E-state index in [1.54, 1.807) is 30.9 Å². The van der Waals surface area contributed by atoms with Crippen molar-refractivity contribution >= 4 is 17.3 Å². The maximum Gasteiger partial charge on any atom is 0.119 e. The van der Waals surface area contributed by atoms with Gasteiger partial charge >= 0.3 is 0 Å². The van der Waals surface area contributed by atoms with Crippen LogP contribution in [0.4, 0.5) is 5.69 Å². The number of anilines is 1. The second-order valence-electron chi connectivity index (χ2n) is 4.11. The van der Waals surface area contributed by atoms with Crippen molar-refractivity contribution in [1.29, 1.82) is 5.26 Å². The van der Waals surface area contributed by atoms with Crippen LogP contribution in [0.25, 0.3) is 0 Å². The normalized spacial score (nSPS) is 10.1. The number of hydrogen-bond acceptors (Lipinski definition) is 4. The van der Waals surface area contributed by atoms with E-state index in [0.29, 0.717) is 10.6 Å². The minimum absolute atomic E-state index is 0.575. The number of rotatable bonds is 6. The average molecular weight is 276 g/mol. The van der Waals surface area contributed by atoms with E-state index in [4.69, 9.17) is 16.9 Å². The first-order chi connectivity index (χ1) is 9.31. The SMILES string of the molecule is N#Cc1cccc(Cl)c1NCCCCn1cnnc1. The summed E-state index contributed by atoms with van der Waals surface area (Å²) >= 11 is 6.07. The number of para-hydroxylation sites is 1. The standard InChI is InChI=1S/C13H14ClN5/c14-12-5-3-4-11(8-15)13(12)16-6-1-2-7-19-9-17-18-10-19/h3-5,9-10,16H,1-2,6-7H2. The Morgan fingerprint density at radius 3 is 2.79 bits per heavy atom. The summed E-state index contributed by atoms with van der Waals surface area (Å²) in [5.41, 5.74) is 1.29. The van der Waals surface area contributed by atoms with Gasteiger partial charge in [-0.15, -0.1) is 10.2 Å². The summed E-state index contributed by atoms with van der Waals surface area (Å²) in [4.78, 5) is 0. The van der Waals surface area contributed by atoms with Crippen molar-refractivity contribution in [1.82, 2.24) is 14.8 Å². The van der Waals surface area contributed by atoms with Gasteiger partial charge < -0.3 is 9.88 Å². The molecular formula is C13H14ClN5. The highest BCUT2D eigenvalue weighted by molar-refractivity contribution is 6.33. The molecule has 0 aliphatic rings. The second kappa shape index (κ2) is 6.76. The number of nitriles is 1. The van der Waals surface area contributed by atoms with Crippen LogP contribution in [0.5, 0.6) is 0 Å². The molecule has 0 fully saturated rings. The zero-order valence-corrected chi connectivity index (χ0v) is 11.1. The minimum Gasteiger partial charge on any atom is -0.383 e. The first-order valence-corrected chi connectivity index (χ1v) is 6.44. The molecule has 19 heavy (non-hydrogen) atoms. The Labute approximate surface area is 116 Å². The quantitative estimate of drug-likeness (QED) is 0.823. The molecule has 1 aromatic heterocycles. The summed E-state index contributed by atoms with van der Waals surface area (Å²) in [7, 11) is 0. The van der Waals surface area contributed by atoms with Crippen molar-refractivity contribution in [2.45, 2.75) is 19.4 Å². The molecule has 0 spiro atoms. The number of unbranched alkanes of at least 4 members (excludes halogenated alkanes) is 1. The summed E-state index contributed by atoms with van der Waals surface area (Å²) in [5, 5.41) is 20.3. The summed E-state index contributed by atoms with van der Waals surface area (Å²) < 4.78 is 1.94. The second-order valence-corrected chi connectivity index (χ2v) is 4.51. The van der Waals surface area contributed by atoms with E-state index >= 15 is 0 Å². The van der Waals surface area contributed by atoms with Crippen molar-refractivity contribution in [3.63, 3.8) is 0 Å². The van der Waals surface area contributed by atoms with Crippen LogP contribution < -0.4 is 5.32 Å². The molecule has 1 heterocycles. The van der Waals surface area contributed by atoms with Crippen molar-refractivity contribution in [2.24, 2.45) is 0 Å². The Balaban J connectivity index is 1.78. The van der Waals surface area contributed by atoms with Crippen molar-refractivity contribution in [2.75, 3.05) is 11.9 Å². The first kappa shape index (κ1) is 13.4. The van der Waals surface area contributed by atoms with Gasteiger partial charge in [-0.05, 0) is 25.0 Å². The van der Waals surface area contributed by atoms with Crippen LogP contribution in [0.2, 0.25) is 5.02 Å². The molecule has 98 valence electrons. The lowest BCUT2D eigenvalue weighted by Crippen LogP contribution is -2.05. The zero-order chi connectivity index (χ0) is 13.5.